The van der Waals surface area contributed by atoms with Gasteiger partial charge in [-0.3, -0.25) is 0 Å². The van der Waals surface area contributed by atoms with Crippen LogP contribution in [0.3, 0.4) is 0 Å². The molecule has 94 valence electrons. The molecule has 0 spiro atoms. The molecule has 1 atom stereocenters. The normalized spacial score (nSPS) is 12.2. The average Bonchev–Trinajstić information content (AvgIpc) is 2.40. The second-order valence-corrected chi connectivity index (χ2v) is 3.92. The van der Waals surface area contributed by atoms with Crippen molar-refractivity contribution in [2.24, 2.45) is 5.84 Å². The number of anilines is 1. The molecule has 2 aromatic rings. The van der Waals surface area contributed by atoms with E-state index in [2.05, 4.69) is 15.4 Å². The maximum absolute atomic E-state index is 5.48. The molecule has 5 heteroatoms. The Morgan fingerprint density at radius 2 is 1.94 bits per heavy atom. The fourth-order valence-electron chi connectivity index (χ4n) is 1.80. The van der Waals surface area contributed by atoms with Gasteiger partial charge in [0.25, 0.3) is 0 Å². The van der Waals surface area contributed by atoms with Crippen molar-refractivity contribution >= 4 is 5.82 Å². The number of hydrogen-bond donors (Lipinski definition) is 2. The number of hydrazine groups is 1. The Labute approximate surface area is 106 Å². The van der Waals surface area contributed by atoms with Crippen LogP contribution in [0, 0.1) is 6.92 Å². The van der Waals surface area contributed by atoms with Crippen molar-refractivity contribution in [1.82, 2.24) is 9.97 Å². The molecule has 3 N–H and O–H groups in total. The van der Waals surface area contributed by atoms with Gasteiger partial charge in [-0.2, -0.15) is 0 Å². The standard InChI is InChI=1S/C13H16N4O/c1-9-8-11(17-14)16-13(15-9)12(18-2)10-6-4-3-5-7-10/h3-8,12H,14H2,1-2H3,(H,15,16,17). The van der Waals surface area contributed by atoms with Crippen molar-refractivity contribution in [1.29, 1.82) is 0 Å². The van der Waals surface area contributed by atoms with Gasteiger partial charge in [0.2, 0.25) is 0 Å². The van der Waals surface area contributed by atoms with E-state index in [4.69, 9.17) is 10.6 Å². The number of nitrogens with one attached hydrogen (secondary N) is 1. The van der Waals surface area contributed by atoms with Crippen LogP contribution >= 0.6 is 0 Å². The van der Waals surface area contributed by atoms with E-state index in [0.29, 0.717) is 11.6 Å². The summed E-state index contributed by atoms with van der Waals surface area (Å²) in [5.74, 6) is 6.56. The summed E-state index contributed by atoms with van der Waals surface area (Å²) in [7, 11) is 1.64. The van der Waals surface area contributed by atoms with Gasteiger partial charge in [0.15, 0.2) is 5.82 Å². The predicted octanol–water partition coefficient (Wildman–Crippen LogP) is 1.81. The number of aryl methyl sites for hydroxylation is 1. The van der Waals surface area contributed by atoms with Gasteiger partial charge >= 0.3 is 0 Å². The first kappa shape index (κ1) is 12.5. The second kappa shape index (κ2) is 5.57. The molecule has 0 saturated carbocycles. The van der Waals surface area contributed by atoms with Crippen LogP contribution in [0.25, 0.3) is 0 Å². The lowest BCUT2D eigenvalue weighted by Gasteiger charge is -2.15. The van der Waals surface area contributed by atoms with Gasteiger partial charge in [0, 0.05) is 18.9 Å². The van der Waals surface area contributed by atoms with Gasteiger partial charge in [0.1, 0.15) is 11.9 Å². The molecule has 0 radical (unpaired) electrons. The highest BCUT2D eigenvalue weighted by Crippen LogP contribution is 2.23. The molecular formula is C13H16N4O. The number of benzene rings is 1. The zero-order valence-corrected chi connectivity index (χ0v) is 10.4. The first-order valence-electron chi connectivity index (χ1n) is 5.64. The lowest BCUT2D eigenvalue weighted by molar-refractivity contribution is 0.129. The maximum Gasteiger partial charge on any atom is 0.164 e. The minimum Gasteiger partial charge on any atom is -0.369 e. The molecule has 0 bridgehead atoms. The van der Waals surface area contributed by atoms with Crippen molar-refractivity contribution < 1.29 is 4.74 Å². The third-order valence-electron chi connectivity index (χ3n) is 2.59. The van der Waals surface area contributed by atoms with Crippen LogP contribution in [0.4, 0.5) is 5.82 Å². The fraction of sp³-hybridized carbons (Fsp3) is 0.231. The average molecular weight is 244 g/mol. The van der Waals surface area contributed by atoms with E-state index in [1.54, 1.807) is 13.2 Å². The first-order chi connectivity index (χ1) is 8.74. The number of nitrogen functional groups attached to an aromatic ring is 1. The highest BCUT2D eigenvalue weighted by atomic mass is 16.5. The van der Waals surface area contributed by atoms with Gasteiger partial charge in [-0.1, -0.05) is 30.3 Å². The van der Waals surface area contributed by atoms with Crippen molar-refractivity contribution in [2.45, 2.75) is 13.0 Å². The Balaban J connectivity index is 2.42. The summed E-state index contributed by atoms with van der Waals surface area (Å²) in [5, 5.41) is 0. The third-order valence-corrected chi connectivity index (χ3v) is 2.59. The summed E-state index contributed by atoms with van der Waals surface area (Å²) in [6.07, 6.45) is -0.293. The van der Waals surface area contributed by atoms with E-state index in [9.17, 15) is 0 Å². The van der Waals surface area contributed by atoms with E-state index in [0.717, 1.165) is 11.3 Å². The van der Waals surface area contributed by atoms with Gasteiger partial charge in [0.05, 0.1) is 0 Å². The highest BCUT2D eigenvalue weighted by molar-refractivity contribution is 5.35. The Morgan fingerprint density at radius 3 is 2.56 bits per heavy atom. The summed E-state index contributed by atoms with van der Waals surface area (Å²) in [4.78, 5) is 8.73. The Kier molecular flexibility index (Phi) is 3.86. The van der Waals surface area contributed by atoms with Crippen LogP contribution in [0.2, 0.25) is 0 Å². The molecule has 0 amide bonds. The van der Waals surface area contributed by atoms with Gasteiger partial charge < -0.3 is 10.2 Å². The second-order valence-electron chi connectivity index (χ2n) is 3.92. The highest BCUT2D eigenvalue weighted by Gasteiger charge is 2.17. The van der Waals surface area contributed by atoms with Crippen LogP contribution in [0.1, 0.15) is 23.2 Å². The molecule has 0 aliphatic heterocycles. The van der Waals surface area contributed by atoms with E-state index < -0.39 is 0 Å². The lowest BCUT2D eigenvalue weighted by atomic mass is 10.1. The number of aromatic nitrogens is 2. The third kappa shape index (κ3) is 2.64. The van der Waals surface area contributed by atoms with Crippen molar-refractivity contribution in [3.8, 4) is 0 Å². The molecule has 0 fully saturated rings. The van der Waals surface area contributed by atoms with Crippen molar-refractivity contribution in [3.63, 3.8) is 0 Å². The predicted molar refractivity (Wildman–Crippen MR) is 69.9 cm³/mol. The molecule has 18 heavy (non-hydrogen) atoms. The van der Waals surface area contributed by atoms with Gasteiger partial charge in [-0.15, -0.1) is 0 Å². The van der Waals surface area contributed by atoms with Crippen LogP contribution < -0.4 is 11.3 Å². The van der Waals surface area contributed by atoms with E-state index in [1.807, 2.05) is 37.3 Å². The van der Waals surface area contributed by atoms with Crippen LogP contribution in [0.5, 0.6) is 0 Å². The summed E-state index contributed by atoms with van der Waals surface area (Å²) in [6.45, 7) is 1.89. The van der Waals surface area contributed by atoms with E-state index >= 15 is 0 Å². The summed E-state index contributed by atoms with van der Waals surface area (Å²) in [6, 6.07) is 11.6. The number of nitrogens with two attached hydrogens (primary N) is 1. The zero-order valence-electron chi connectivity index (χ0n) is 10.4. The largest absolute Gasteiger partial charge is 0.369 e. The lowest BCUT2D eigenvalue weighted by Crippen LogP contribution is -2.14. The minimum atomic E-state index is -0.293. The monoisotopic (exact) mass is 244 g/mol. The van der Waals surface area contributed by atoms with Gasteiger partial charge in [-0.25, -0.2) is 15.8 Å². The van der Waals surface area contributed by atoms with E-state index in [-0.39, 0.29) is 6.10 Å². The Bertz CT molecular complexity index is 516. The summed E-state index contributed by atoms with van der Waals surface area (Å²) < 4.78 is 5.48. The fourth-order valence-corrected chi connectivity index (χ4v) is 1.80. The molecule has 5 nitrogen and oxygen atoms in total. The molecule has 2 rings (SSSR count). The molecule has 0 aliphatic rings. The molecule has 0 aliphatic carbocycles. The topological polar surface area (TPSA) is 73.1 Å². The Morgan fingerprint density at radius 1 is 1.22 bits per heavy atom. The number of nitrogens with zero attached hydrogens (tertiary/aromatic N) is 2. The number of ether oxygens (including phenoxy) is 1. The zero-order chi connectivity index (χ0) is 13.0. The molecule has 1 heterocycles. The first-order valence-corrected chi connectivity index (χ1v) is 5.64. The minimum absolute atomic E-state index is 0.293. The van der Waals surface area contributed by atoms with Crippen LogP contribution in [-0.4, -0.2) is 17.1 Å². The molecule has 1 aromatic heterocycles. The molecule has 0 saturated heterocycles. The van der Waals surface area contributed by atoms with E-state index in [1.165, 1.54) is 0 Å². The Hall–Kier alpha value is -1.98. The summed E-state index contributed by atoms with van der Waals surface area (Å²) in [5.41, 5.74) is 4.38. The van der Waals surface area contributed by atoms with Crippen LogP contribution in [-0.2, 0) is 4.74 Å². The number of rotatable bonds is 4. The smallest absolute Gasteiger partial charge is 0.164 e. The maximum atomic E-state index is 5.48. The molecule has 1 aromatic carbocycles. The number of methoxy groups -OCH3 is 1. The summed E-state index contributed by atoms with van der Waals surface area (Å²) >= 11 is 0. The SMILES string of the molecule is COC(c1ccccc1)c1nc(C)cc(NN)n1. The van der Waals surface area contributed by atoms with Crippen molar-refractivity contribution in [2.75, 3.05) is 12.5 Å². The molecule has 1 unspecified atom stereocenters. The quantitative estimate of drug-likeness (QED) is 0.634. The van der Waals surface area contributed by atoms with Crippen molar-refractivity contribution in [3.05, 3.63) is 53.5 Å². The molecular weight excluding hydrogens is 228 g/mol. The van der Waals surface area contributed by atoms with Crippen LogP contribution in [0.15, 0.2) is 36.4 Å². The number of hydrogen-bond acceptors (Lipinski definition) is 5. The van der Waals surface area contributed by atoms with Gasteiger partial charge in [-0.05, 0) is 12.5 Å².